The first-order chi connectivity index (χ1) is 10.1. The topological polar surface area (TPSA) is 81.8 Å². The van der Waals surface area contributed by atoms with Crippen molar-refractivity contribution in [1.82, 2.24) is 0 Å². The molecule has 0 unspecified atom stereocenters. The SMILES string of the molecule is O=C1OC(c2cccs2)=N/C1=C\c1ccc([N+](=O)[O-])cc1. The Labute approximate surface area is 123 Å². The molecule has 3 rings (SSSR count). The van der Waals surface area contributed by atoms with Crippen molar-refractivity contribution in [3.8, 4) is 0 Å². The second kappa shape index (κ2) is 5.29. The van der Waals surface area contributed by atoms with Crippen LogP contribution in [0.1, 0.15) is 10.4 Å². The highest BCUT2D eigenvalue weighted by atomic mass is 32.1. The van der Waals surface area contributed by atoms with Gasteiger partial charge in [-0.2, -0.15) is 0 Å². The fourth-order valence-corrected chi connectivity index (χ4v) is 2.41. The van der Waals surface area contributed by atoms with Gasteiger partial charge < -0.3 is 4.74 Å². The third-order valence-corrected chi connectivity index (χ3v) is 3.62. The summed E-state index contributed by atoms with van der Waals surface area (Å²) in [6, 6.07) is 9.50. The number of nitrogens with zero attached hydrogens (tertiary/aromatic N) is 2. The van der Waals surface area contributed by atoms with E-state index in [-0.39, 0.29) is 17.3 Å². The Bertz CT molecular complexity index is 761. The molecule has 1 aromatic carbocycles. The van der Waals surface area contributed by atoms with Crippen LogP contribution in [0.5, 0.6) is 0 Å². The Balaban J connectivity index is 1.89. The largest absolute Gasteiger partial charge is 0.401 e. The highest BCUT2D eigenvalue weighted by Crippen LogP contribution is 2.22. The minimum Gasteiger partial charge on any atom is -0.401 e. The number of esters is 1. The zero-order valence-corrected chi connectivity index (χ0v) is 11.4. The van der Waals surface area contributed by atoms with Gasteiger partial charge in [-0.15, -0.1) is 11.3 Å². The fraction of sp³-hybridized carbons (Fsp3) is 0. The lowest BCUT2D eigenvalue weighted by molar-refractivity contribution is -0.384. The summed E-state index contributed by atoms with van der Waals surface area (Å²) in [5.41, 5.74) is 0.810. The Hall–Kier alpha value is -2.80. The molecule has 1 aliphatic heterocycles. The number of nitro benzene ring substituents is 1. The van der Waals surface area contributed by atoms with Gasteiger partial charge in [-0.05, 0) is 35.2 Å². The first kappa shape index (κ1) is 13.2. The molecule has 6 nitrogen and oxygen atoms in total. The number of non-ortho nitro benzene ring substituents is 1. The van der Waals surface area contributed by atoms with E-state index in [9.17, 15) is 14.9 Å². The van der Waals surface area contributed by atoms with Crippen molar-refractivity contribution in [2.45, 2.75) is 0 Å². The summed E-state index contributed by atoms with van der Waals surface area (Å²) in [4.78, 5) is 26.8. The second-order valence-electron chi connectivity index (χ2n) is 4.16. The maximum Gasteiger partial charge on any atom is 0.363 e. The molecule has 0 bridgehead atoms. The van der Waals surface area contributed by atoms with Crippen LogP contribution in [0.25, 0.3) is 6.08 Å². The van der Waals surface area contributed by atoms with Gasteiger partial charge in [0.1, 0.15) is 0 Å². The predicted octanol–water partition coefficient (Wildman–Crippen LogP) is 3.00. The average molecular weight is 300 g/mol. The maximum atomic E-state index is 11.8. The molecule has 0 fully saturated rings. The maximum absolute atomic E-state index is 11.8. The first-order valence-corrected chi connectivity index (χ1v) is 6.82. The summed E-state index contributed by atoms with van der Waals surface area (Å²) >= 11 is 1.43. The van der Waals surface area contributed by atoms with Crippen molar-refractivity contribution >= 4 is 35.0 Å². The molecule has 0 atom stereocenters. The van der Waals surface area contributed by atoms with E-state index >= 15 is 0 Å². The summed E-state index contributed by atoms with van der Waals surface area (Å²) < 4.78 is 5.10. The van der Waals surface area contributed by atoms with Gasteiger partial charge in [0.25, 0.3) is 5.69 Å². The third-order valence-electron chi connectivity index (χ3n) is 2.76. The quantitative estimate of drug-likeness (QED) is 0.377. The summed E-state index contributed by atoms with van der Waals surface area (Å²) in [5.74, 6) is -0.250. The molecule has 2 aromatic rings. The molecular weight excluding hydrogens is 292 g/mol. The number of ether oxygens (including phenoxy) is 1. The van der Waals surface area contributed by atoms with Gasteiger partial charge in [-0.25, -0.2) is 9.79 Å². The molecule has 21 heavy (non-hydrogen) atoms. The number of hydrogen-bond donors (Lipinski definition) is 0. The number of carbonyl (C=O) groups is 1. The molecule has 0 radical (unpaired) electrons. The van der Waals surface area contributed by atoms with Gasteiger partial charge in [-0.3, -0.25) is 10.1 Å². The Morgan fingerprint density at radius 3 is 2.62 bits per heavy atom. The average Bonchev–Trinajstić information content (AvgIpc) is 3.10. The van der Waals surface area contributed by atoms with Crippen LogP contribution in [0.15, 0.2) is 52.5 Å². The van der Waals surface area contributed by atoms with Crippen LogP contribution in [0.4, 0.5) is 5.69 Å². The van der Waals surface area contributed by atoms with E-state index in [1.807, 2.05) is 17.5 Å². The van der Waals surface area contributed by atoms with E-state index in [1.54, 1.807) is 12.1 Å². The van der Waals surface area contributed by atoms with E-state index in [2.05, 4.69) is 4.99 Å². The predicted molar refractivity (Wildman–Crippen MR) is 78.0 cm³/mol. The number of nitro groups is 1. The van der Waals surface area contributed by atoms with Crippen molar-refractivity contribution in [3.05, 3.63) is 68.0 Å². The van der Waals surface area contributed by atoms with Crippen LogP contribution in [0, 0.1) is 10.1 Å². The monoisotopic (exact) mass is 300 g/mol. The molecule has 0 saturated heterocycles. The number of thiophene rings is 1. The number of aliphatic imine (C=N–C) groups is 1. The molecule has 0 saturated carbocycles. The van der Waals surface area contributed by atoms with E-state index in [0.29, 0.717) is 5.56 Å². The highest BCUT2D eigenvalue weighted by Gasteiger charge is 2.24. The number of cyclic esters (lactones) is 1. The molecule has 1 aliphatic rings. The van der Waals surface area contributed by atoms with Crippen LogP contribution in [0.2, 0.25) is 0 Å². The number of hydrogen-bond acceptors (Lipinski definition) is 6. The normalized spacial score (nSPS) is 15.9. The second-order valence-corrected chi connectivity index (χ2v) is 5.11. The molecule has 0 spiro atoms. The highest BCUT2D eigenvalue weighted by molar-refractivity contribution is 7.12. The van der Waals surface area contributed by atoms with Gasteiger partial charge in [0.05, 0.1) is 9.80 Å². The van der Waals surface area contributed by atoms with Gasteiger partial charge in [0.15, 0.2) is 5.70 Å². The van der Waals surface area contributed by atoms with Crippen molar-refractivity contribution in [2.75, 3.05) is 0 Å². The van der Waals surface area contributed by atoms with Crippen molar-refractivity contribution in [3.63, 3.8) is 0 Å². The van der Waals surface area contributed by atoms with E-state index in [1.165, 1.54) is 29.5 Å². The third kappa shape index (κ3) is 2.72. The lowest BCUT2D eigenvalue weighted by atomic mass is 10.2. The molecule has 0 amide bonds. The molecule has 2 heterocycles. The molecule has 0 aliphatic carbocycles. The smallest absolute Gasteiger partial charge is 0.363 e. The van der Waals surface area contributed by atoms with E-state index < -0.39 is 10.9 Å². The van der Waals surface area contributed by atoms with Crippen LogP contribution >= 0.6 is 11.3 Å². The Kier molecular flexibility index (Phi) is 3.33. The van der Waals surface area contributed by atoms with Crippen LogP contribution in [-0.2, 0) is 9.53 Å². The van der Waals surface area contributed by atoms with Crippen LogP contribution < -0.4 is 0 Å². The lowest BCUT2D eigenvalue weighted by Gasteiger charge is -1.94. The summed E-state index contributed by atoms with van der Waals surface area (Å²) in [5, 5.41) is 12.4. The summed E-state index contributed by atoms with van der Waals surface area (Å²) in [6.45, 7) is 0. The Morgan fingerprint density at radius 2 is 2.00 bits per heavy atom. The Morgan fingerprint density at radius 1 is 1.24 bits per heavy atom. The molecule has 7 heteroatoms. The zero-order chi connectivity index (χ0) is 14.8. The van der Waals surface area contributed by atoms with Gasteiger partial charge in [0.2, 0.25) is 5.90 Å². The summed E-state index contributed by atoms with van der Waals surface area (Å²) in [7, 11) is 0. The fourth-order valence-electron chi connectivity index (χ4n) is 1.76. The molecule has 104 valence electrons. The van der Waals surface area contributed by atoms with Crippen LogP contribution in [-0.4, -0.2) is 16.8 Å². The number of benzene rings is 1. The first-order valence-electron chi connectivity index (χ1n) is 5.94. The summed E-state index contributed by atoms with van der Waals surface area (Å²) in [6.07, 6.45) is 1.53. The lowest BCUT2D eigenvalue weighted by Crippen LogP contribution is -2.03. The van der Waals surface area contributed by atoms with Gasteiger partial charge in [-0.1, -0.05) is 6.07 Å². The molecule has 0 N–H and O–H groups in total. The van der Waals surface area contributed by atoms with Crippen molar-refractivity contribution in [1.29, 1.82) is 0 Å². The van der Waals surface area contributed by atoms with E-state index in [4.69, 9.17) is 4.74 Å². The molecule has 1 aromatic heterocycles. The number of carbonyl (C=O) groups excluding carboxylic acids is 1. The van der Waals surface area contributed by atoms with E-state index in [0.717, 1.165) is 4.88 Å². The minimum atomic E-state index is -0.531. The minimum absolute atomic E-state index is 0.00563. The van der Waals surface area contributed by atoms with Gasteiger partial charge >= 0.3 is 5.97 Å². The number of rotatable bonds is 3. The van der Waals surface area contributed by atoms with Gasteiger partial charge in [0, 0.05) is 12.1 Å². The van der Waals surface area contributed by atoms with Crippen LogP contribution in [0.3, 0.4) is 0 Å². The zero-order valence-electron chi connectivity index (χ0n) is 10.6. The van der Waals surface area contributed by atoms with Crippen molar-refractivity contribution < 1.29 is 14.5 Å². The van der Waals surface area contributed by atoms with Crippen molar-refractivity contribution in [2.24, 2.45) is 4.99 Å². The molecular formula is C14H8N2O4S. The standard InChI is InChI=1S/C14H8N2O4S/c17-14-11(15-13(20-14)12-2-1-7-21-12)8-9-3-5-10(6-4-9)16(18)19/h1-8H/b11-8-.